The molecule has 3 heteroatoms. The van der Waals surface area contributed by atoms with Gasteiger partial charge in [-0.05, 0) is 31.2 Å². The van der Waals surface area contributed by atoms with Gasteiger partial charge in [-0.15, -0.1) is 0 Å². The second kappa shape index (κ2) is 4.09. The summed E-state index contributed by atoms with van der Waals surface area (Å²) in [5, 5.41) is 9.00. The van der Waals surface area contributed by atoms with Crippen LogP contribution in [0.3, 0.4) is 0 Å². The predicted molar refractivity (Wildman–Crippen MR) is 56.1 cm³/mol. The van der Waals surface area contributed by atoms with Crippen molar-refractivity contribution in [2.75, 3.05) is 0 Å². The van der Waals surface area contributed by atoms with E-state index in [0.717, 1.165) is 24.5 Å². The number of hydrogen-bond donors (Lipinski definition) is 1. The quantitative estimate of drug-likeness (QED) is 0.809. The van der Waals surface area contributed by atoms with E-state index >= 15 is 0 Å². The van der Waals surface area contributed by atoms with Gasteiger partial charge in [0.25, 0.3) is 0 Å². The Balaban J connectivity index is 2.17. The molecule has 82 valence electrons. The highest BCUT2D eigenvalue weighted by atomic mass is 16.4. The Morgan fingerprint density at radius 1 is 1.60 bits per heavy atom. The molecule has 1 aromatic heterocycles. The van der Waals surface area contributed by atoms with Crippen LogP contribution in [-0.4, -0.2) is 11.1 Å². The third-order valence-corrected chi connectivity index (χ3v) is 2.75. The number of carboxylic acids is 1. The maximum absolute atomic E-state index is 11.0. The number of rotatable bonds is 5. The van der Waals surface area contributed by atoms with Crippen LogP contribution in [-0.2, 0) is 12.8 Å². The van der Waals surface area contributed by atoms with Crippen molar-refractivity contribution in [1.82, 2.24) is 0 Å². The van der Waals surface area contributed by atoms with Crippen molar-refractivity contribution < 1.29 is 14.3 Å². The van der Waals surface area contributed by atoms with Crippen LogP contribution in [0.2, 0.25) is 0 Å². The molecule has 0 bridgehead atoms. The molecule has 3 nitrogen and oxygen atoms in total. The summed E-state index contributed by atoms with van der Waals surface area (Å²) in [7, 11) is 0. The first-order valence-electron chi connectivity index (χ1n) is 5.55. The van der Waals surface area contributed by atoms with Gasteiger partial charge >= 0.3 is 5.97 Å². The zero-order valence-corrected chi connectivity index (χ0v) is 8.95. The molecule has 1 aromatic rings. The Kier molecular flexibility index (Phi) is 2.80. The largest absolute Gasteiger partial charge is 0.478 e. The molecule has 0 atom stereocenters. The summed E-state index contributed by atoms with van der Waals surface area (Å²) in [6, 6.07) is 1.70. The van der Waals surface area contributed by atoms with Crippen molar-refractivity contribution in [2.24, 2.45) is 5.92 Å². The average Bonchev–Trinajstić information content (AvgIpc) is 2.88. The van der Waals surface area contributed by atoms with Crippen molar-refractivity contribution in [3.05, 3.63) is 23.2 Å². The lowest BCUT2D eigenvalue weighted by atomic mass is 10.1. The van der Waals surface area contributed by atoms with Crippen LogP contribution in [0.4, 0.5) is 0 Å². The first kappa shape index (κ1) is 10.3. The Labute approximate surface area is 89.1 Å². The zero-order chi connectivity index (χ0) is 10.8. The molecule has 1 heterocycles. The fourth-order valence-electron chi connectivity index (χ4n) is 1.79. The van der Waals surface area contributed by atoms with Crippen molar-refractivity contribution in [2.45, 2.75) is 39.0 Å². The van der Waals surface area contributed by atoms with E-state index in [1.165, 1.54) is 12.8 Å². The van der Waals surface area contributed by atoms with Crippen LogP contribution < -0.4 is 0 Å². The lowest BCUT2D eigenvalue weighted by molar-refractivity contribution is 0.0694. The number of furan rings is 1. The van der Waals surface area contributed by atoms with Gasteiger partial charge in [-0.1, -0.05) is 6.92 Å². The maximum atomic E-state index is 11.0. The molecular weight excluding hydrogens is 192 g/mol. The van der Waals surface area contributed by atoms with Gasteiger partial charge in [0.05, 0.1) is 0 Å². The first-order chi connectivity index (χ1) is 7.20. The molecule has 0 saturated heterocycles. The molecular formula is C12H16O3. The van der Waals surface area contributed by atoms with Crippen LogP contribution in [0, 0.1) is 5.92 Å². The molecule has 0 amide bonds. The van der Waals surface area contributed by atoms with Crippen LogP contribution in [0.25, 0.3) is 0 Å². The van der Waals surface area contributed by atoms with Gasteiger partial charge in [0.15, 0.2) is 0 Å². The minimum atomic E-state index is -0.871. The molecule has 0 aromatic carbocycles. The molecule has 0 spiro atoms. The number of hydrogen-bond acceptors (Lipinski definition) is 2. The van der Waals surface area contributed by atoms with E-state index < -0.39 is 5.97 Å². The lowest BCUT2D eigenvalue weighted by Gasteiger charge is -1.95. The van der Waals surface area contributed by atoms with Gasteiger partial charge in [-0.2, -0.15) is 0 Å². The van der Waals surface area contributed by atoms with Gasteiger partial charge in [0, 0.05) is 12.8 Å². The third kappa shape index (κ3) is 2.41. The number of aryl methyl sites for hydroxylation is 1. The van der Waals surface area contributed by atoms with Gasteiger partial charge < -0.3 is 9.52 Å². The van der Waals surface area contributed by atoms with E-state index in [4.69, 9.17) is 9.52 Å². The summed E-state index contributed by atoms with van der Waals surface area (Å²) in [5.41, 5.74) is 0.354. The predicted octanol–water partition coefficient (Wildman–Crippen LogP) is 2.88. The van der Waals surface area contributed by atoms with Crippen LogP contribution in [0.15, 0.2) is 10.5 Å². The summed E-state index contributed by atoms with van der Waals surface area (Å²) in [5.74, 6) is 1.34. The standard InChI is InChI=1S/C12H16O3/c1-2-3-11-10(12(13)14)7-9(15-11)6-8-4-5-8/h7-8H,2-6H2,1H3,(H,13,14). The second-order valence-electron chi connectivity index (χ2n) is 4.25. The van der Waals surface area contributed by atoms with E-state index in [0.29, 0.717) is 17.7 Å². The molecule has 1 aliphatic rings. The summed E-state index contributed by atoms with van der Waals surface area (Å²) in [4.78, 5) is 11.0. The van der Waals surface area contributed by atoms with Crippen LogP contribution in [0.1, 0.15) is 48.1 Å². The van der Waals surface area contributed by atoms with Gasteiger partial charge in [0.1, 0.15) is 17.1 Å². The van der Waals surface area contributed by atoms with Crippen molar-refractivity contribution >= 4 is 5.97 Å². The molecule has 1 aliphatic carbocycles. The Morgan fingerprint density at radius 3 is 2.87 bits per heavy atom. The number of carboxylic acid groups (broad SMARTS) is 1. The fraction of sp³-hybridized carbons (Fsp3) is 0.583. The van der Waals surface area contributed by atoms with Crippen molar-refractivity contribution in [3.8, 4) is 0 Å². The van der Waals surface area contributed by atoms with E-state index in [2.05, 4.69) is 0 Å². The summed E-state index contributed by atoms with van der Waals surface area (Å²) in [6.07, 6.45) is 5.05. The fourth-order valence-corrected chi connectivity index (χ4v) is 1.79. The molecule has 1 saturated carbocycles. The first-order valence-corrected chi connectivity index (χ1v) is 5.55. The highest BCUT2D eigenvalue weighted by molar-refractivity contribution is 5.88. The van der Waals surface area contributed by atoms with E-state index in [9.17, 15) is 4.79 Å². The monoisotopic (exact) mass is 208 g/mol. The summed E-state index contributed by atoms with van der Waals surface area (Å²) < 4.78 is 5.59. The van der Waals surface area contributed by atoms with E-state index in [-0.39, 0.29) is 0 Å². The molecule has 15 heavy (non-hydrogen) atoms. The summed E-state index contributed by atoms with van der Waals surface area (Å²) >= 11 is 0. The van der Waals surface area contributed by atoms with Gasteiger partial charge in [-0.25, -0.2) is 4.79 Å². The minimum absolute atomic E-state index is 0.354. The second-order valence-corrected chi connectivity index (χ2v) is 4.25. The normalized spacial score (nSPS) is 15.5. The topological polar surface area (TPSA) is 50.4 Å². The number of aromatic carboxylic acids is 1. The smallest absolute Gasteiger partial charge is 0.339 e. The third-order valence-electron chi connectivity index (χ3n) is 2.75. The lowest BCUT2D eigenvalue weighted by Crippen LogP contribution is -1.98. The van der Waals surface area contributed by atoms with Crippen LogP contribution >= 0.6 is 0 Å². The molecule has 2 rings (SSSR count). The van der Waals surface area contributed by atoms with Crippen molar-refractivity contribution in [3.63, 3.8) is 0 Å². The molecule has 0 aliphatic heterocycles. The molecule has 1 N–H and O–H groups in total. The van der Waals surface area contributed by atoms with Gasteiger partial charge in [-0.3, -0.25) is 0 Å². The highest BCUT2D eigenvalue weighted by Gasteiger charge is 2.25. The molecule has 0 radical (unpaired) electrons. The minimum Gasteiger partial charge on any atom is -0.478 e. The summed E-state index contributed by atoms with van der Waals surface area (Å²) in [6.45, 7) is 2.02. The van der Waals surface area contributed by atoms with Gasteiger partial charge in [0.2, 0.25) is 0 Å². The zero-order valence-electron chi connectivity index (χ0n) is 8.95. The maximum Gasteiger partial charge on any atom is 0.339 e. The Hall–Kier alpha value is -1.25. The highest BCUT2D eigenvalue weighted by Crippen LogP contribution is 2.33. The SMILES string of the molecule is CCCc1oc(CC2CC2)cc1C(=O)O. The van der Waals surface area contributed by atoms with E-state index in [1.54, 1.807) is 6.07 Å². The van der Waals surface area contributed by atoms with Crippen LogP contribution in [0.5, 0.6) is 0 Å². The molecule has 1 fully saturated rings. The average molecular weight is 208 g/mol. The Bertz CT molecular complexity index is 361. The Morgan fingerprint density at radius 2 is 2.33 bits per heavy atom. The molecule has 0 unspecified atom stereocenters. The number of carbonyl (C=O) groups is 1. The van der Waals surface area contributed by atoms with Crippen molar-refractivity contribution in [1.29, 1.82) is 0 Å². The van der Waals surface area contributed by atoms with E-state index in [1.807, 2.05) is 6.92 Å².